The number of benzene rings is 3. The van der Waals surface area contributed by atoms with Gasteiger partial charge in [0.15, 0.2) is 9.84 Å². The van der Waals surface area contributed by atoms with Gasteiger partial charge in [0, 0.05) is 23.1 Å². The van der Waals surface area contributed by atoms with Gasteiger partial charge in [-0.1, -0.05) is 48.5 Å². The number of cyclic esters (lactones) is 1. The van der Waals surface area contributed by atoms with E-state index >= 15 is 0 Å². The van der Waals surface area contributed by atoms with Crippen molar-refractivity contribution in [1.82, 2.24) is 0 Å². The van der Waals surface area contributed by atoms with E-state index in [0.717, 1.165) is 37.9 Å². The van der Waals surface area contributed by atoms with Crippen molar-refractivity contribution in [2.24, 2.45) is 0 Å². The molecule has 0 unspecified atom stereocenters. The number of carbonyl (C=O) groups is 1. The number of rotatable bonds is 3. The highest BCUT2D eigenvalue weighted by Crippen LogP contribution is 2.45. The molecular formula is C24H18O4S2. The lowest BCUT2D eigenvalue weighted by atomic mass is 9.94. The van der Waals surface area contributed by atoms with Crippen LogP contribution in [0.25, 0.3) is 32.3 Å². The van der Waals surface area contributed by atoms with Crippen LogP contribution in [0.1, 0.15) is 15.2 Å². The summed E-state index contributed by atoms with van der Waals surface area (Å²) in [5.41, 5.74) is 3.90. The molecule has 0 aliphatic carbocycles. The van der Waals surface area contributed by atoms with Gasteiger partial charge >= 0.3 is 5.97 Å². The van der Waals surface area contributed by atoms with Crippen molar-refractivity contribution in [3.63, 3.8) is 0 Å². The van der Waals surface area contributed by atoms with Crippen LogP contribution in [0.2, 0.25) is 0 Å². The largest absolute Gasteiger partial charge is 0.461 e. The van der Waals surface area contributed by atoms with Crippen molar-refractivity contribution < 1.29 is 17.9 Å². The normalized spacial score (nSPS) is 13.8. The summed E-state index contributed by atoms with van der Waals surface area (Å²) in [5, 5.41) is 2.28. The van der Waals surface area contributed by atoms with Crippen LogP contribution >= 0.6 is 11.3 Å². The lowest BCUT2D eigenvalue weighted by Crippen LogP contribution is -2.15. The van der Waals surface area contributed by atoms with Gasteiger partial charge in [-0.05, 0) is 45.7 Å². The van der Waals surface area contributed by atoms with Crippen LogP contribution in [-0.2, 0) is 21.0 Å². The molecule has 1 aliphatic rings. The Morgan fingerprint density at radius 3 is 2.30 bits per heavy atom. The molecule has 1 aliphatic heterocycles. The lowest BCUT2D eigenvalue weighted by Gasteiger charge is -2.14. The molecular weight excluding hydrogens is 416 g/mol. The topological polar surface area (TPSA) is 60.4 Å². The van der Waals surface area contributed by atoms with Crippen LogP contribution in [0.4, 0.5) is 0 Å². The lowest BCUT2D eigenvalue weighted by molar-refractivity contribution is 0.0488. The van der Waals surface area contributed by atoms with Gasteiger partial charge < -0.3 is 4.74 Å². The molecule has 4 aromatic rings. The van der Waals surface area contributed by atoms with Crippen LogP contribution in [0.5, 0.6) is 0 Å². The fraction of sp³-hybridized carbons (Fsp3) is 0.125. The highest BCUT2D eigenvalue weighted by Gasteiger charge is 2.28. The molecule has 0 radical (unpaired) electrons. The summed E-state index contributed by atoms with van der Waals surface area (Å²) >= 11 is 1.44. The SMILES string of the molecule is CS(=O)(=O)c1ccc(-c2c(-c3ccc4ccccc4c3)sc3c2CCOC3=O)cc1. The number of carbonyl (C=O) groups excluding carboxylic acids is 1. The molecule has 150 valence electrons. The smallest absolute Gasteiger partial charge is 0.348 e. The molecule has 2 heterocycles. The molecule has 0 amide bonds. The zero-order valence-electron chi connectivity index (χ0n) is 16.2. The van der Waals surface area contributed by atoms with Crippen molar-refractivity contribution >= 4 is 37.9 Å². The molecule has 0 saturated carbocycles. The van der Waals surface area contributed by atoms with Gasteiger partial charge in [0.1, 0.15) is 4.88 Å². The van der Waals surface area contributed by atoms with E-state index in [1.54, 1.807) is 12.1 Å². The van der Waals surface area contributed by atoms with E-state index in [2.05, 4.69) is 30.3 Å². The van der Waals surface area contributed by atoms with Gasteiger partial charge in [0.2, 0.25) is 0 Å². The van der Waals surface area contributed by atoms with Crippen LogP contribution < -0.4 is 0 Å². The standard InChI is InChI=1S/C24H18O4S2/c1-30(26,27)19-10-8-16(9-11-19)21-20-12-13-28-24(25)23(20)29-22(21)18-7-6-15-4-2-3-5-17(15)14-18/h2-11,14H,12-13H2,1H3. The maximum absolute atomic E-state index is 12.4. The first kappa shape index (κ1) is 19.0. The highest BCUT2D eigenvalue weighted by molar-refractivity contribution is 7.90. The molecule has 0 atom stereocenters. The minimum Gasteiger partial charge on any atom is -0.461 e. The predicted molar refractivity (Wildman–Crippen MR) is 120 cm³/mol. The highest BCUT2D eigenvalue weighted by atomic mass is 32.2. The number of sulfone groups is 1. The van der Waals surface area contributed by atoms with Gasteiger partial charge in [-0.25, -0.2) is 13.2 Å². The Labute approximate surface area is 178 Å². The van der Waals surface area contributed by atoms with Crippen molar-refractivity contribution in [2.45, 2.75) is 11.3 Å². The zero-order valence-corrected chi connectivity index (χ0v) is 17.8. The van der Waals surface area contributed by atoms with E-state index in [1.807, 2.05) is 24.3 Å². The fourth-order valence-electron chi connectivity index (χ4n) is 3.89. The van der Waals surface area contributed by atoms with Crippen molar-refractivity contribution in [3.8, 4) is 21.6 Å². The Bertz CT molecular complexity index is 1400. The van der Waals surface area contributed by atoms with Gasteiger partial charge in [0.05, 0.1) is 11.5 Å². The monoisotopic (exact) mass is 434 g/mol. The van der Waals surface area contributed by atoms with Crippen LogP contribution in [0, 0.1) is 0 Å². The first-order valence-corrected chi connectivity index (χ1v) is 12.2. The molecule has 4 nitrogen and oxygen atoms in total. The summed E-state index contributed by atoms with van der Waals surface area (Å²) in [6.07, 6.45) is 1.85. The predicted octanol–water partition coefficient (Wildman–Crippen LogP) is 5.35. The Hall–Kier alpha value is -2.96. The second kappa shape index (κ2) is 7.07. The van der Waals surface area contributed by atoms with Crippen molar-refractivity contribution in [1.29, 1.82) is 0 Å². The van der Waals surface area contributed by atoms with Gasteiger partial charge in [0.25, 0.3) is 0 Å². The molecule has 30 heavy (non-hydrogen) atoms. The minimum atomic E-state index is -3.27. The van der Waals surface area contributed by atoms with E-state index in [0.29, 0.717) is 17.9 Å². The maximum atomic E-state index is 12.4. The molecule has 0 N–H and O–H groups in total. The van der Waals surface area contributed by atoms with E-state index in [4.69, 9.17) is 4.74 Å². The Morgan fingerprint density at radius 2 is 1.57 bits per heavy atom. The number of hydrogen-bond acceptors (Lipinski definition) is 5. The summed E-state index contributed by atoms with van der Waals surface area (Å²) in [5.74, 6) is -0.290. The van der Waals surface area contributed by atoms with Crippen molar-refractivity contribution in [3.05, 3.63) is 77.2 Å². The first-order valence-electron chi connectivity index (χ1n) is 9.54. The van der Waals surface area contributed by atoms with Gasteiger partial charge in [-0.15, -0.1) is 11.3 Å². The number of esters is 1. The Morgan fingerprint density at radius 1 is 0.867 bits per heavy atom. The van der Waals surface area contributed by atoms with Crippen LogP contribution in [-0.4, -0.2) is 27.2 Å². The molecule has 6 heteroatoms. The summed E-state index contributed by atoms with van der Waals surface area (Å²) in [6.45, 7) is 0.355. The molecule has 3 aromatic carbocycles. The summed E-state index contributed by atoms with van der Waals surface area (Å²) in [7, 11) is -3.27. The summed E-state index contributed by atoms with van der Waals surface area (Å²) in [4.78, 5) is 14.3. The third kappa shape index (κ3) is 3.22. The summed E-state index contributed by atoms with van der Waals surface area (Å²) in [6, 6.07) is 21.3. The van der Waals surface area contributed by atoms with E-state index < -0.39 is 9.84 Å². The second-order valence-corrected chi connectivity index (χ2v) is 10.4. The number of fused-ring (bicyclic) bond motifs is 2. The number of hydrogen-bond donors (Lipinski definition) is 0. The van der Waals surface area contributed by atoms with Gasteiger partial charge in [-0.2, -0.15) is 0 Å². The average Bonchev–Trinajstić information content (AvgIpc) is 3.14. The minimum absolute atomic E-state index is 0.280. The van der Waals surface area contributed by atoms with E-state index in [1.165, 1.54) is 17.6 Å². The molecule has 0 saturated heterocycles. The number of ether oxygens (including phenoxy) is 1. The van der Waals surface area contributed by atoms with Crippen molar-refractivity contribution in [2.75, 3.05) is 12.9 Å². The molecule has 0 fully saturated rings. The fourth-order valence-corrected chi connectivity index (χ4v) is 5.78. The zero-order chi connectivity index (χ0) is 20.9. The van der Waals surface area contributed by atoms with Gasteiger partial charge in [-0.3, -0.25) is 0 Å². The molecule has 5 rings (SSSR count). The summed E-state index contributed by atoms with van der Waals surface area (Å²) < 4.78 is 29.0. The Balaban J connectivity index is 1.74. The quantitative estimate of drug-likeness (QED) is 0.408. The second-order valence-electron chi connectivity index (χ2n) is 7.36. The van der Waals surface area contributed by atoms with E-state index in [9.17, 15) is 13.2 Å². The molecule has 0 bridgehead atoms. The molecule has 1 aromatic heterocycles. The molecule has 0 spiro atoms. The third-order valence-electron chi connectivity index (χ3n) is 5.36. The first-order chi connectivity index (χ1) is 14.4. The van der Waals surface area contributed by atoms with Crippen LogP contribution in [0.3, 0.4) is 0 Å². The average molecular weight is 435 g/mol. The maximum Gasteiger partial charge on any atom is 0.348 e. The Kier molecular flexibility index (Phi) is 4.49. The number of thiophene rings is 1. The van der Waals surface area contributed by atoms with Crippen LogP contribution in [0.15, 0.2) is 71.6 Å². The van der Waals surface area contributed by atoms with E-state index in [-0.39, 0.29) is 10.9 Å². The third-order valence-corrected chi connectivity index (χ3v) is 7.75.